The molecule has 2 heterocycles. The van der Waals surface area contributed by atoms with Gasteiger partial charge in [0.2, 0.25) is 0 Å². The molecule has 112 valence electrons. The third-order valence-electron chi connectivity index (χ3n) is 2.64. The van der Waals surface area contributed by atoms with Crippen molar-refractivity contribution in [2.45, 2.75) is 27.3 Å². The van der Waals surface area contributed by atoms with Crippen molar-refractivity contribution < 1.29 is 14.3 Å². The number of aryl methyl sites for hydroxylation is 2. The highest BCUT2D eigenvalue weighted by atomic mass is 32.1. The maximum atomic E-state index is 12.2. The van der Waals surface area contributed by atoms with E-state index in [0.717, 1.165) is 5.69 Å². The van der Waals surface area contributed by atoms with Gasteiger partial charge in [0.05, 0.1) is 12.3 Å². The first-order valence-electron chi connectivity index (χ1n) is 6.53. The zero-order chi connectivity index (χ0) is 15.4. The molecule has 0 aliphatic heterocycles. The normalized spacial score (nSPS) is 10.4. The van der Waals surface area contributed by atoms with Crippen LogP contribution in [0.3, 0.4) is 0 Å². The molecule has 0 aliphatic rings. The summed E-state index contributed by atoms with van der Waals surface area (Å²) in [5.74, 6) is -0.800. The molecule has 0 fully saturated rings. The molecule has 21 heavy (non-hydrogen) atoms. The number of nitrogens with zero attached hydrogens (tertiary/aromatic N) is 3. The number of esters is 1. The van der Waals surface area contributed by atoms with Crippen LogP contribution >= 0.6 is 11.3 Å². The summed E-state index contributed by atoms with van der Waals surface area (Å²) in [6, 6.07) is 1.71. The van der Waals surface area contributed by atoms with Gasteiger partial charge in [-0.3, -0.25) is 14.8 Å². The molecule has 0 saturated carbocycles. The number of ether oxygens (including phenoxy) is 1. The lowest BCUT2D eigenvalue weighted by atomic mass is 10.3. The summed E-state index contributed by atoms with van der Waals surface area (Å²) in [5, 5.41) is 8.78. The van der Waals surface area contributed by atoms with Crippen molar-refractivity contribution in [3.05, 3.63) is 28.5 Å². The Morgan fingerprint density at radius 1 is 1.43 bits per heavy atom. The summed E-state index contributed by atoms with van der Waals surface area (Å²) in [6.07, 6.45) is 0. The molecule has 0 aliphatic carbocycles. The number of amides is 1. The van der Waals surface area contributed by atoms with E-state index in [1.54, 1.807) is 23.1 Å². The zero-order valence-corrected chi connectivity index (χ0v) is 12.9. The van der Waals surface area contributed by atoms with Crippen LogP contribution in [0.2, 0.25) is 0 Å². The molecule has 0 aromatic carbocycles. The largest absolute Gasteiger partial charge is 0.461 e. The minimum Gasteiger partial charge on any atom is -0.461 e. The van der Waals surface area contributed by atoms with E-state index in [2.05, 4.69) is 15.4 Å². The Balaban J connectivity index is 2.11. The van der Waals surface area contributed by atoms with E-state index in [-0.39, 0.29) is 18.2 Å². The highest BCUT2D eigenvalue weighted by molar-refractivity contribution is 7.14. The number of nitrogens with one attached hydrogen (secondary N) is 1. The fourth-order valence-corrected chi connectivity index (χ4v) is 2.44. The van der Waals surface area contributed by atoms with Gasteiger partial charge in [-0.25, -0.2) is 9.78 Å². The number of aromatic nitrogens is 3. The molecule has 1 amide bonds. The number of thiazole rings is 1. The van der Waals surface area contributed by atoms with E-state index in [1.807, 2.05) is 13.8 Å². The lowest BCUT2D eigenvalue weighted by molar-refractivity contribution is 0.0520. The van der Waals surface area contributed by atoms with Gasteiger partial charge in [-0.2, -0.15) is 5.10 Å². The lowest BCUT2D eigenvalue weighted by Gasteiger charge is -2.03. The predicted molar refractivity (Wildman–Crippen MR) is 78.7 cm³/mol. The van der Waals surface area contributed by atoms with Crippen LogP contribution in [0, 0.1) is 6.92 Å². The molecular weight excluding hydrogens is 292 g/mol. The van der Waals surface area contributed by atoms with Crippen molar-refractivity contribution in [1.29, 1.82) is 0 Å². The van der Waals surface area contributed by atoms with Crippen molar-refractivity contribution in [3.63, 3.8) is 0 Å². The molecule has 0 radical (unpaired) electrons. The van der Waals surface area contributed by atoms with Crippen molar-refractivity contribution in [3.8, 4) is 0 Å². The van der Waals surface area contributed by atoms with Gasteiger partial charge < -0.3 is 4.74 Å². The van der Waals surface area contributed by atoms with Crippen LogP contribution in [0.1, 0.15) is 40.5 Å². The summed E-state index contributed by atoms with van der Waals surface area (Å²) >= 11 is 1.17. The quantitative estimate of drug-likeness (QED) is 0.855. The summed E-state index contributed by atoms with van der Waals surface area (Å²) in [5.41, 5.74) is 1.42. The van der Waals surface area contributed by atoms with E-state index in [9.17, 15) is 9.59 Å². The number of carbonyl (C=O) groups is 2. The lowest BCUT2D eigenvalue weighted by Crippen LogP contribution is -2.17. The van der Waals surface area contributed by atoms with Gasteiger partial charge in [-0.15, -0.1) is 11.3 Å². The van der Waals surface area contributed by atoms with Crippen molar-refractivity contribution in [1.82, 2.24) is 14.8 Å². The monoisotopic (exact) mass is 308 g/mol. The molecule has 8 heteroatoms. The summed E-state index contributed by atoms with van der Waals surface area (Å²) < 4.78 is 6.46. The zero-order valence-electron chi connectivity index (χ0n) is 12.0. The van der Waals surface area contributed by atoms with Gasteiger partial charge in [0.1, 0.15) is 5.69 Å². The van der Waals surface area contributed by atoms with Gasteiger partial charge >= 0.3 is 5.97 Å². The van der Waals surface area contributed by atoms with E-state index < -0.39 is 5.97 Å². The van der Waals surface area contributed by atoms with Crippen LogP contribution in [-0.2, 0) is 11.3 Å². The van der Waals surface area contributed by atoms with Crippen molar-refractivity contribution in [2.75, 3.05) is 11.9 Å². The first-order valence-corrected chi connectivity index (χ1v) is 7.41. The number of anilines is 1. The van der Waals surface area contributed by atoms with Gasteiger partial charge in [-0.05, 0) is 26.8 Å². The van der Waals surface area contributed by atoms with Crippen LogP contribution in [0.25, 0.3) is 0 Å². The molecule has 2 rings (SSSR count). The molecule has 0 unspecified atom stereocenters. The Kier molecular flexibility index (Phi) is 4.69. The Labute approximate surface area is 125 Å². The number of hydrogen-bond acceptors (Lipinski definition) is 6. The van der Waals surface area contributed by atoms with Crippen LogP contribution in [0.15, 0.2) is 11.4 Å². The molecule has 0 spiro atoms. The summed E-state index contributed by atoms with van der Waals surface area (Å²) in [7, 11) is 0. The third-order valence-corrected chi connectivity index (χ3v) is 3.40. The minimum absolute atomic E-state index is 0.192. The molecular formula is C13H16N4O3S. The van der Waals surface area contributed by atoms with Crippen molar-refractivity contribution >= 4 is 28.3 Å². The van der Waals surface area contributed by atoms with Gasteiger partial charge in [0.15, 0.2) is 10.8 Å². The second-order valence-corrected chi connectivity index (χ2v) is 5.06. The number of carbonyl (C=O) groups excluding carboxylic acids is 2. The SMILES string of the molecule is CCOC(=O)c1csc(NC(=O)c2cc(C)nn2CC)n1. The molecule has 0 atom stereocenters. The average Bonchev–Trinajstić information content (AvgIpc) is 3.05. The first kappa shape index (κ1) is 15.2. The van der Waals surface area contributed by atoms with Gasteiger partial charge in [-0.1, -0.05) is 0 Å². The highest BCUT2D eigenvalue weighted by Crippen LogP contribution is 2.17. The number of rotatable bonds is 5. The smallest absolute Gasteiger partial charge is 0.357 e. The highest BCUT2D eigenvalue weighted by Gasteiger charge is 2.17. The maximum Gasteiger partial charge on any atom is 0.357 e. The molecule has 7 nitrogen and oxygen atoms in total. The minimum atomic E-state index is -0.497. The first-order chi connectivity index (χ1) is 10.0. The molecule has 1 N–H and O–H groups in total. The Hall–Kier alpha value is -2.22. The standard InChI is InChI=1S/C13H16N4O3S/c1-4-17-10(6-8(3)16-17)11(18)15-13-14-9(7-21-13)12(19)20-5-2/h6-7H,4-5H2,1-3H3,(H,14,15,18). The van der Waals surface area contributed by atoms with Crippen LogP contribution < -0.4 is 5.32 Å². The Morgan fingerprint density at radius 2 is 2.19 bits per heavy atom. The van der Waals surface area contributed by atoms with Crippen LogP contribution in [0.4, 0.5) is 5.13 Å². The molecule has 0 saturated heterocycles. The van der Waals surface area contributed by atoms with Crippen LogP contribution in [-0.4, -0.2) is 33.2 Å². The molecule has 2 aromatic heterocycles. The molecule has 0 bridgehead atoms. The predicted octanol–water partition coefficient (Wildman–Crippen LogP) is 2.10. The van der Waals surface area contributed by atoms with E-state index in [0.29, 0.717) is 17.4 Å². The van der Waals surface area contributed by atoms with E-state index in [4.69, 9.17) is 4.74 Å². The van der Waals surface area contributed by atoms with Gasteiger partial charge in [0, 0.05) is 11.9 Å². The summed E-state index contributed by atoms with van der Waals surface area (Å²) in [6.45, 7) is 6.34. The Bertz CT molecular complexity index is 662. The second-order valence-electron chi connectivity index (χ2n) is 4.20. The van der Waals surface area contributed by atoms with Gasteiger partial charge in [0.25, 0.3) is 5.91 Å². The average molecular weight is 308 g/mol. The third kappa shape index (κ3) is 3.46. The fraction of sp³-hybridized carbons (Fsp3) is 0.385. The van der Waals surface area contributed by atoms with E-state index >= 15 is 0 Å². The number of hydrogen-bond donors (Lipinski definition) is 1. The van der Waals surface area contributed by atoms with E-state index in [1.165, 1.54) is 11.3 Å². The fourth-order valence-electron chi connectivity index (χ4n) is 1.76. The summed E-state index contributed by atoms with van der Waals surface area (Å²) in [4.78, 5) is 27.7. The topological polar surface area (TPSA) is 86.1 Å². The molecule has 2 aromatic rings. The Morgan fingerprint density at radius 3 is 2.86 bits per heavy atom. The maximum absolute atomic E-state index is 12.2. The van der Waals surface area contributed by atoms with Crippen molar-refractivity contribution in [2.24, 2.45) is 0 Å². The van der Waals surface area contributed by atoms with Crippen LogP contribution in [0.5, 0.6) is 0 Å². The second kappa shape index (κ2) is 6.49.